The number of hydrogen-bond acceptors (Lipinski definition) is 4. The molecule has 0 spiro atoms. The zero-order chi connectivity index (χ0) is 17.5. The van der Waals surface area contributed by atoms with Crippen LogP contribution in [0.1, 0.15) is 35.2 Å². The van der Waals surface area contributed by atoms with E-state index in [1.165, 1.54) is 6.21 Å². The van der Waals surface area contributed by atoms with Gasteiger partial charge in [0.25, 0.3) is 5.91 Å². The smallest absolute Gasteiger partial charge is 0.272 e. The number of amides is 1. The van der Waals surface area contributed by atoms with E-state index in [1.807, 2.05) is 36.4 Å². The van der Waals surface area contributed by atoms with Crippen LogP contribution in [0.5, 0.6) is 0 Å². The van der Waals surface area contributed by atoms with Gasteiger partial charge in [-0.15, -0.1) is 0 Å². The summed E-state index contributed by atoms with van der Waals surface area (Å²) in [5.74, 6) is 0.473. The third kappa shape index (κ3) is 4.20. The number of benzene rings is 1. The van der Waals surface area contributed by atoms with Gasteiger partial charge in [0.1, 0.15) is 5.76 Å². The molecule has 0 atom stereocenters. The van der Waals surface area contributed by atoms with Crippen molar-refractivity contribution in [1.82, 2.24) is 10.4 Å². The lowest BCUT2D eigenvalue weighted by Gasteiger charge is -2.08. The maximum absolute atomic E-state index is 12.5. The Labute approximate surface area is 146 Å². The number of fused-ring (bicyclic) bond motifs is 1. The number of hydrazone groups is 1. The second-order valence-corrected chi connectivity index (χ2v) is 5.52. The Morgan fingerprint density at radius 1 is 1.28 bits per heavy atom. The molecule has 0 saturated heterocycles. The first kappa shape index (κ1) is 16.6. The van der Waals surface area contributed by atoms with E-state index >= 15 is 0 Å². The molecule has 126 valence electrons. The van der Waals surface area contributed by atoms with Crippen LogP contribution in [0.15, 0.2) is 64.3 Å². The Bertz CT molecular complexity index is 912. The molecule has 25 heavy (non-hydrogen) atoms. The number of hydrogen-bond donors (Lipinski definition) is 1. The zero-order valence-electron chi connectivity index (χ0n) is 14.0. The number of aromatic nitrogens is 1. The van der Waals surface area contributed by atoms with E-state index in [0.29, 0.717) is 5.56 Å². The number of rotatable bonds is 6. The molecule has 3 rings (SSSR count). The number of nitrogens with zero attached hydrogens (tertiary/aromatic N) is 2. The molecule has 2 aromatic heterocycles. The third-order valence-corrected chi connectivity index (χ3v) is 3.65. The van der Waals surface area contributed by atoms with Gasteiger partial charge in [-0.05, 0) is 42.8 Å². The van der Waals surface area contributed by atoms with Gasteiger partial charge in [0.15, 0.2) is 0 Å². The lowest BCUT2D eigenvalue weighted by molar-refractivity contribution is 0.0956. The molecule has 0 fully saturated rings. The van der Waals surface area contributed by atoms with E-state index in [1.54, 1.807) is 24.5 Å². The Kier molecular flexibility index (Phi) is 5.36. The average molecular weight is 333 g/mol. The number of carbonyl (C=O) groups excluding carboxylic acids is 1. The normalized spacial score (nSPS) is 11.6. The molecule has 0 aliphatic rings. The molecule has 2 heterocycles. The van der Waals surface area contributed by atoms with Crippen LogP contribution in [0.4, 0.5) is 0 Å². The van der Waals surface area contributed by atoms with Crippen molar-refractivity contribution in [2.75, 3.05) is 0 Å². The second-order valence-electron chi connectivity index (χ2n) is 5.52. The number of para-hydroxylation sites is 1. The van der Waals surface area contributed by atoms with Crippen molar-refractivity contribution in [2.24, 2.45) is 5.10 Å². The number of nitrogens with one attached hydrogen (secondary N) is 1. The van der Waals surface area contributed by atoms with Gasteiger partial charge < -0.3 is 4.42 Å². The molecular formula is C20H19N3O2. The van der Waals surface area contributed by atoms with E-state index in [4.69, 9.17) is 4.42 Å². The summed E-state index contributed by atoms with van der Waals surface area (Å²) in [5.41, 5.74) is 4.88. The number of furan rings is 1. The predicted octanol–water partition coefficient (Wildman–Crippen LogP) is 4.21. The van der Waals surface area contributed by atoms with Gasteiger partial charge in [0.05, 0.1) is 17.3 Å². The minimum absolute atomic E-state index is 0.251. The van der Waals surface area contributed by atoms with E-state index in [-0.39, 0.29) is 5.91 Å². The lowest BCUT2D eigenvalue weighted by atomic mass is 10.1. The van der Waals surface area contributed by atoms with Crippen LogP contribution in [0.25, 0.3) is 17.0 Å². The molecule has 0 aliphatic heterocycles. The fourth-order valence-electron chi connectivity index (χ4n) is 2.53. The molecule has 5 nitrogen and oxygen atoms in total. The van der Waals surface area contributed by atoms with Gasteiger partial charge in [-0.25, -0.2) is 5.43 Å². The Morgan fingerprint density at radius 3 is 2.96 bits per heavy atom. The maximum atomic E-state index is 12.5. The SMILES string of the molecule is CCCc1cc(C(=O)NN=C/C=C\c2ccco2)c2ccccc2n1. The summed E-state index contributed by atoms with van der Waals surface area (Å²) in [7, 11) is 0. The summed E-state index contributed by atoms with van der Waals surface area (Å²) >= 11 is 0. The Hall–Kier alpha value is -3.21. The first-order valence-electron chi connectivity index (χ1n) is 8.20. The van der Waals surface area contributed by atoms with Crippen LogP contribution < -0.4 is 5.43 Å². The molecular weight excluding hydrogens is 314 g/mol. The summed E-state index contributed by atoms with van der Waals surface area (Å²) in [6.07, 6.45) is 8.38. The first-order chi connectivity index (χ1) is 12.3. The van der Waals surface area contributed by atoms with Crippen LogP contribution >= 0.6 is 0 Å². The highest BCUT2D eigenvalue weighted by atomic mass is 16.3. The molecule has 1 N–H and O–H groups in total. The lowest BCUT2D eigenvalue weighted by Crippen LogP contribution is -2.18. The highest BCUT2D eigenvalue weighted by Gasteiger charge is 2.12. The zero-order valence-corrected chi connectivity index (χ0v) is 14.0. The van der Waals surface area contributed by atoms with E-state index in [2.05, 4.69) is 22.4 Å². The summed E-state index contributed by atoms with van der Waals surface area (Å²) in [5, 5.41) is 4.78. The van der Waals surface area contributed by atoms with Crippen LogP contribution in [-0.2, 0) is 6.42 Å². The van der Waals surface area contributed by atoms with Gasteiger partial charge in [-0.1, -0.05) is 31.5 Å². The van der Waals surface area contributed by atoms with Crippen LogP contribution in [0.2, 0.25) is 0 Å². The molecule has 1 amide bonds. The molecule has 0 bridgehead atoms. The van der Waals surface area contributed by atoms with E-state index in [9.17, 15) is 4.79 Å². The fraction of sp³-hybridized carbons (Fsp3) is 0.150. The quantitative estimate of drug-likeness (QED) is 0.543. The monoisotopic (exact) mass is 333 g/mol. The minimum Gasteiger partial charge on any atom is -0.465 e. The topological polar surface area (TPSA) is 67.5 Å². The second kappa shape index (κ2) is 8.06. The molecule has 0 saturated carbocycles. The van der Waals surface area contributed by atoms with Gasteiger partial charge >= 0.3 is 0 Å². The number of carbonyl (C=O) groups is 1. The molecule has 0 aliphatic carbocycles. The van der Waals surface area contributed by atoms with Crippen LogP contribution in [0, 0.1) is 0 Å². The predicted molar refractivity (Wildman–Crippen MR) is 99.4 cm³/mol. The van der Waals surface area contributed by atoms with Crippen molar-refractivity contribution in [2.45, 2.75) is 19.8 Å². The highest BCUT2D eigenvalue weighted by Crippen LogP contribution is 2.19. The van der Waals surface area contributed by atoms with Crippen molar-refractivity contribution in [3.8, 4) is 0 Å². The third-order valence-electron chi connectivity index (χ3n) is 3.65. The fourth-order valence-corrected chi connectivity index (χ4v) is 2.53. The van der Waals surface area contributed by atoms with Gasteiger partial charge in [-0.2, -0.15) is 5.10 Å². The van der Waals surface area contributed by atoms with Crippen molar-refractivity contribution in [1.29, 1.82) is 0 Å². The molecule has 1 aromatic carbocycles. The van der Waals surface area contributed by atoms with E-state index in [0.717, 1.165) is 35.2 Å². The summed E-state index contributed by atoms with van der Waals surface area (Å²) in [6, 6.07) is 13.1. The highest BCUT2D eigenvalue weighted by molar-refractivity contribution is 6.06. The van der Waals surface area contributed by atoms with Crippen molar-refractivity contribution in [3.05, 3.63) is 71.8 Å². The number of aryl methyl sites for hydroxylation is 1. The standard InChI is InChI=1S/C20H19N3O2/c1-2-7-15-14-18(17-10-3-4-11-19(17)22-15)20(24)23-21-12-5-8-16-9-6-13-25-16/h3-6,8-14H,2,7H2,1H3,(H,23,24)/b8-5-,21-12?. The number of pyridine rings is 1. The minimum atomic E-state index is -0.251. The van der Waals surface area contributed by atoms with Crippen LogP contribution in [-0.4, -0.2) is 17.1 Å². The molecule has 0 radical (unpaired) electrons. The molecule has 3 aromatic rings. The average Bonchev–Trinajstić information content (AvgIpc) is 3.14. The summed E-state index contributed by atoms with van der Waals surface area (Å²) < 4.78 is 5.17. The maximum Gasteiger partial charge on any atom is 0.272 e. The Morgan fingerprint density at radius 2 is 2.16 bits per heavy atom. The van der Waals surface area contributed by atoms with Gasteiger partial charge in [0, 0.05) is 17.3 Å². The van der Waals surface area contributed by atoms with Gasteiger partial charge in [-0.3, -0.25) is 9.78 Å². The molecule has 0 unspecified atom stereocenters. The summed E-state index contributed by atoms with van der Waals surface area (Å²) in [6.45, 7) is 2.09. The van der Waals surface area contributed by atoms with Crippen molar-refractivity contribution >= 4 is 29.1 Å². The van der Waals surface area contributed by atoms with E-state index < -0.39 is 0 Å². The van der Waals surface area contributed by atoms with Crippen molar-refractivity contribution in [3.63, 3.8) is 0 Å². The van der Waals surface area contributed by atoms with Crippen LogP contribution in [0.3, 0.4) is 0 Å². The van der Waals surface area contributed by atoms with Gasteiger partial charge in [0.2, 0.25) is 0 Å². The summed E-state index contributed by atoms with van der Waals surface area (Å²) in [4.78, 5) is 17.1. The van der Waals surface area contributed by atoms with Crippen molar-refractivity contribution < 1.29 is 9.21 Å². The number of allylic oxidation sites excluding steroid dienone is 1. The Balaban J connectivity index is 1.76. The first-order valence-corrected chi connectivity index (χ1v) is 8.20. The largest absolute Gasteiger partial charge is 0.465 e. The molecule has 5 heteroatoms.